The number of nitrogens with zero attached hydrogens (tertiary/aromatic N) is 2. The van der Waals surface area contributed by atoms with Gasteiger partial charge in [0.15, 0.2) is 0 Å². The van der Waals surface area contributed by atoms with Gasteiger partial charge >= 0.3 is 5.56 Å². The minimum Gasteiger partial charge on any atom is -0.241 e. The molecule has 3 heteroatoms. The van der Waals surface area contributed by atoms with Crippen molar-refractivity contribution in [2.45, 2.75) is 26.4 Å². The molecule has 0 bridgehead atoms. The topological polar surface area (TPSA) is 25.9 Å². The van der Waals surface area contributed by atoms with Gasteiger partial charge in [0.2, 0.25) is 0 Å². The van der Waals surface area contributed by atoms with Gasteiger partial charge in [-0.25, -0.2) is 9.36 Å². The Bertz CT molecular complexity index is 909. The van der Waals surface area contributed by atoms with E-state index in [2.05, 4.69) is 28.8 Å². The number of rotatable bonds is 1. The van der Waals surface area contributed by atoms with Crippen molar-refractivity contribution in [1.82, 2.24) is 4.57 Å². The zero-order valence-electron chi connectivity index (χ0n) is 12.0. The molecule has 0 N–H and O–H groups in total. The fourth-order valence-corrected chi connectivity index (χ4v) is 3.36. The lowest BCUT2D eigenvalue weighted by Crippen LogP contribution is -2.49. The highest BCUT2D eigenvalue weighted by molar-refractivity contribution is 5.74. The molecule has 0 aliphatic carbocycles. The van der Waals surface area contributed by atoms with E-state index in [4.69, 9.17) is 0 Å². The zero-order chi connectivity index (χ0) is 14.4. The van der Waals surface area contributed by atoms with E-state index in [1.807, 2.05) is 35.8 Å². The number of aromatic nitrogens is 2. The standard InChI is InChI=1S/C18H17N2O/c1-2-19-17-11-13-7-3-4-8-14(13)12-20(17)16-10-6-5-9-15(16)18(19)21/h3-10H,2,11-12H2,1H3/q+1. The summed E-state index contributed by atoms with van der Waals surface area (Å²) in [5.74, 6) is 1.11. The summed E-state index contributed by atoms with van der Waals surface area (Å²) in [6, 6.07) is 16.4. The average molecular weight is 277 g/mol. The van der Waals surface area contributed by atoms with Crippen LogP contribution in [0.1, 0.15) is 23.9 Å². The zero-order valence-corrected chi connectivity index (χ0v) is 12.0. The third kappa shape index (κ3) is 1.74. The SMILES string of the molecule is CCn1c2[n+](c3ccccc3c1=O)Cc1ccccc1C2. The molecule has 1 aliphatic heterocycles. The number of para-hydroxylation sites is 1. The molecule has 0 saturated carbocycles. The predicted octanol–water partition coefficient (Wildman–Crippen LogP) is 2.26. The molecular weight excluding hydrogens is 260 g/mol. The highest BCUT2D eigenvalue weighted by atomic mass is 16.1. The van der Waals surface area contributed by atoms with Gasteiger partial charge in [-0.1, -0.05) is 36.4 Å². The summed E-state index contributed by atoms with van der Waals surface area (Å²) in [6.45, 7) is 3.59. The molecule has 3 aromatic rings. The molecule has 2 aromatic carbocycles. The van der Waals surface area contributed by atoms with Crippen LogP contribution in [0.2, 0.25) is 0 Å². The first-order chi connectivity index (χ1) is 10.3. The van der Waals surface area contributed by atoms with Crippen LogP contribution in [0.25, 0.3) is 10.9 Å². The summed E-state index contributed by atoms with van der Waals surface area (Å²) in [7, 11) is 0. The van der Waals surface area contributed by atoms with E-state index in [9.17, 15) is 4.79 Å². The lowest BCUT2D eigenvalue weighted by molar-refractivity contribution is -0.677. The second-order valence-electron chi connectivity index (χ2n) is 5.51. The van der Waals surface area contributed by atoms with Gasteiger partial charge in [-0.2, -0.15) is 4.57 Å². The lowest BCUT2D eigenvalue weighted by Gasteiger charge is -2.19. The molecule has 104 valence electrons. The maximum atomic E-state index is 12.7. The van der Waals surface area contributed by atoms with E-state index < -0.39 is 0 Å². The molecule has 0 amide bonds. The molecule has 2 heterocycles. The Morgan fingerprint density at radius 1 is 1.05 bits per heavy atom. The van der Waals surface area contributed by atoms with Crippen molar-refractivity contribution in [3.63, 3.8) is 0 Å². The molecule has 1 aliphatic rings. The molecule has 0 saturated heterocycles. The van der Waals surface area contributed by atoms with Gasteiger partial charge in [-0.15, -0.1) is 0 Å². The van der Waals surface area contributed by atoms with Crippen molar-refractivity contribution in [1.29, 1.82) is 0 Å². The van der Waals surface area contributed by atoms with Gasteiger partial charge in [0.05, 0.1) is 13.0 Å². The Labute approximate surface area is 123 Å². The minimum atomic E-state index is 0.124. The van der Waals surface area contributed by atoms with Gasteiger partial charge < -0.3 is 0 Å². The first-order valence-electron chi connectivity index (χ1n) is 7.40. The smallest absolute Gasteiger partial charge is 0.241 e. The Morgan fingerprint density at radius 3 is 2.57 bits per heavy atom. The molecule has 0 fully saturated rings. The van der Waals surface area contributed by atoms with Gasteiger partial charge in [0.25, 0.3) is 5.82 Å². The monoisotopic (exact) mass is 277 g/mol. The summed E-state index contributed by atoms with van der Waals surface area (Å²) < 4.78 is 4.21. The van der Waals surface area contributed by atoms with Gasteiger partial charge in [0, 0.05) is 0 Å². The van der Waals surface area contributed by atoms with Gasteiger partial charge in [-0.05, 0) is 30.2 Å². The van der Waals surface area contributed by atoms with Crippen LogP contribution in [-0.2, 0) is 19.5 Å². The van der Waals surface area contributed by atoms with E-state index in [1.54, 1.807) is 0 Å². The molecule has 21 heavy (non-hydrogen) atoms. The Balaban J connectivity index is 2.09. The van der Waals surface area contributed by atoms with Crippen molar-refractivity contribution in [3.05, 3.63) is 75.8 Å². The molecule has 3 nitrogen and oxygen atoms in total. The normalized spacial score (nSPS) is 13.0. The Hall–Kier alpha value is -2.42. The van der Waals surface area contributed by atoms with Crippen molar-refractivity contribution in [3.8, 4) is 0 Å². The maximum Gasteiger partial charge on any atom is 0.345 e. The Morgan fingerprint density at radius 2 is 1.76 bits per heavy atom. The lowest BCUT2D eigenvalue weighted by atomic mass is 9.99. The van der Waals surface area contributed by atoms with E-state index >= 15 is 0 Å². The summed E-state index contributed by atoms with van der Waals surface area (Å²) in [4.78, 5) is 12.7. The molecule has 0 atom stereocenters. The fourth-order valence-electron chi connectivity index (χ4n) is 3.36. The van der Waals surface area contributed by atoms with E-state index in [0.29, 0.717) is 6.54 Å². The number of benzene rings is 2. The summed E-state index contributed by atoms with van der Waals surface area (Å²) in [6.07, 6.45) is 0.823. The molecular formula is C18H17N2O+. The first kappa shape index (κ1) is 12.3. The van der Waals surface area contributed by atoms with Crippen LogP contribution in [-0.4, -0.2) is 4.57 Å². The highest BCUT2D eigenvalue weighted by Crippen LogP contribution is 2.19. The number of hydrogen-bond acceptors (Lipinski definition) is 1. The summed E-state index contributed by atoms with van der Waals surface area (Å²) in [5, 5.41) is 0.808. The van der Waals surface area contributed by atoms with Gasteiger partial charge in [0.1, 0.15) is 17.4 Å². The highest BCUT2D eigenvalue weighted by Gasteiger charge is 2.27. The van der Waals surface area contributed by atoms with E-state index in [0.717, 1.165) is 29.7 Å². The number of hydrogen-bond donors (Lipinski definition) is 0. The third-order valence-corrected chi connectivity index (χ3v) is 4.41. The van der Waals surface area contributed by atoms with E-state index in [-0.39, 0.29) is 5.56 Å². The molecule has 0 spiro atoms. The van der Waals surface area contributed by atoms with E-state index in [1.165, 1.54) is 11.1 Å². The van der Waals surface area contributed by atoms with Crippen molar-refractivity contribution in [2.24, 2.45) is 0 Å². The van der Waals surface area contributed by atoms with Crippen molar-refractivity contribution in [2.75, 3.05) is 0 Å². The average Bonchev–Trinajstić information content (AvgIpc) is 2.54. The van der Waals surface area contributed by atoms with Crippen LogP contribution in [0.4, 0.5) is 0 Å². The second-order valence-corrected chi connectivity index (χ2v) is 5.51. The summed E-state index contributed by atoms with van der Waals surface area (Å²) >= 11 is 0. The third-order valence-electron chi connectivity index (χ3n) is 4.41. The quantitative estimate of drug-likeness (QED) is 0.490. The van der Waals surface area contributed by atoms with Crippen molar-refractivity contribution >= 4 is 10.9 Å². The largest absolute Gasteiger partial charge is 0.345 e. The van der Waals surface area contributed by atoms with Crippen LogP contribution in [0.3, 0.4) is 0 Å². The molecule has 1 aromatic heterocycles. The van der Waals surface area contributed by atoms with Crippen LogP contribution in [0.15, 0.2) is 53.3 Å². The van der Waals surface area contributed by atoms with Crippen LogP contribution in [0.5, 0.6) is 0 Å². The van der Waals surface area contributed by atoms with Crippen LogP contribution in [0, 0.1) is 0 Å². The van der Waals surface area contributed by atoms with Crippen molar-refractivity contribution < 1.29 is 4.57 Å². The van der Waals surface area contributed by atoms with Gasteiger partial charge in [-0.3, -0.25) is 0 Å². The maximum absolute atomic E-state index is 12.7. The molecule has 4 rings (SSSR count). The minimum absolute atomic E-state index is 0.124. The summed E-state index contributed by atoms with van der Waals surface area (Å²) in [5.41, 5.74) is 3.84. The Kier molecular flexibility index (Phi) is 2.67. The van der Waals surface area contributed by atoms with Crippen LogP contribution < -0.4 is 10.1 Å². The number of fused-ring (bicyclic) bond motifs is 4. The van der Waals surface area contributed by atoms with Crippen LogP contribution >= 0.6 is 0 Å². The predicted molar refractivity (Wildman–Crippen MR) is 82.4 cm³/mol. The fraction of sp³-hybridized carbons (Fsp3) is 0.222. The molecule has 0 radical (unpaired) electrons. The second kappa shape index (κ2) is 4.55. The molecule has 0 unspecified atom stereocenters. The first-order valence-corrected chi connectivity index (χ1v) is 7.40.